The number of carbonyl (C=O) groups excluding carboxylic acids is 1. The molecule has 2 aromatic rings. The van der Waals surface area contributed by atoms with Crippen molar-refractivity contribution in [2.45, 2.75) is 19.9 Å². The summed E-state index contributed by atoms with van der Waals surface area (Å²) in [5.41, 5.74) is 2.49. The van der Waals surface area contributed by atoms with Crippen molar-refractivity contribution in [3.8, 4) is 17.2 Å². The second-order valence-electron chi connectivity index (χ2n) is 5.91. The Morgan fingerprint density at radius 2 is 1.62 bits per heavy atom. The maximum absolute atomic E-state index is 12.5. The van der Waals surface area contributed by atoms with Crippen molar-refractivity contribution < 1.29 is 19.0 Å². The van der Waals surface area contributed by atoms with E-state index in [0.717, 1.165) is 16.9 Å². The molecule has 5 heteroatoms. The lowest BCUT2D eigenvalue weighted by Crippen LogP contribution is -2.27. The molecule has 5 nitrogen and oxygen atoms in total. The Morgan fingerprint density at radius 1 is 0.962 bits per heavy atom. The van der Waals surface area contributed by atoms with E-state index in [2.05, 4.69) is 5.32 Å². The quantitative estimate of drug-likeness (QED) is 0.763. The van der Waals surface area contributed by atoms with Gasteiger partial charge in [-0.25, -0.2) is 0 Å². The zero-order valence-corrected chi connectivity index (χ0v) is 15.8. The van der Waals surface area contributed by atoms with Crippen molar-refractivity contribution in [1.82, 2.24) is 5.32 Å². The molecule has 26 heavy (non-hydrogen) atoms. The van der Waals surface area contributed by atoms with Gasteiger partial charge in [0.25, 0.3) is 0 Å². The number of methoxy groups -OCH3 is 3. The first-order valence-electron chi connectivity index (χ1n) is 8.33. The minimum Gasteiger partial charge on any atom is -0.497 e. The third-order valence-corrected chi connectivity index (χ3v) is 4.11. The number of carbonyl (C=O) groups is 1. The Labute approximate surface area is 154 Å². The van der Waals surface area contributed by atoms with Crippen LogP contribution in [0.5, 0.6) is 17.2 Å². The highest BCUT2D eigenvalue weighted by atomic mass is 16.5. The van der Waals surface area contributed by atoms with Gasteiger partial charge in [0.2, 0.25) is 5.91 Å². The minimum atomic E-state index is -0.122. The Kier molecular flexibility index (Phi) is 6.67. The zero-order chi connectivity index (χ0) is 19.1. The van der Waals surface area contributed by atoms with Crippen LogP contribution in [0.4, 0.5) is 0 Å². The summed E-state index contributed by atoms with van der Waals surface area (Å²) in [6.07, 6.45) is 1.82. The van der Waals surface area contributed by atoms with Gasteiger partial charge in [-0.15, -0.1) is 0 Å². The van der Waals surface area contributed by atoms with Crippen LogP contribution in [0.25, 0.3) is 6.08 Å². The van der Waals surface area contributed by atoms with Gasteiger partial charge < -0.3 is 19.5 Å². The average Bonchev–Trinajstić information content (AvgIpc) is 2.67. The second kappa shape index (κ2) is 8.94. The van der Waals surface area contributed by atoms with Gasteiger partial charge in [-0.3, -0.25) is 4.79 Å². The molecular formula is C21H25NO4. The van der Waals surface area contributed by atoms with E-state index >= 15 is 0 Å². The predicted octanol–water partition coefficient (Wildman–Crippen LogP) is 3.99. The summed E-state index contributed by atoms with van der Waals surface area (Å²) in [7, 11) is 4.80. The molecule has 0 radical (unpaired) electrons. The van der Waals surface area contributed by atoms with E-state index < -0.39 is 0 Å². The molecular weight excluding hydrogens is 330 g/mol. The fourth-order valence-corrected chi connectivity index (χ4v) is 2.54. The van der Waals surface area contributed by atoms with E-state index in [4.69, 9.17) is 14.2 Å². The normalized spacial score (nSPS) is 12.3. The molecule has 0 aliphatic carbocycles. The number of nitrogens with one attached hydrogen (secondary N) is 1. The smallest absolute Gasteiger partial charge is 0.247 e. The van der Waals surface area contributed by atoms with Crippen LogP contribution in [0.2, 0.25) is 0 Å². The summed E-state index contributed by atoms with van der Waals surface area (Å²) < 4.78 is 15.7. The first-order valence-corrected chi connectivity index (χ1v) is 8.33. The van der Waals surface area contributed by atoms with E-state index in [1.54, 1.807) is 28.3 Å². The second-order valence-corrected chi connectivity index (χ2v) is 5.91. The van der Waals surface area contributed by atoms with Crippen LogP contribution in [0.1, 0.15) is 31.0 Å². The number of rotatable bonds is 7. The molecule has 0 spiro atoms. The Hall–Kier alpha value is -2.95. The largest absolute Gasteiger partial charge is 0.497 e. The van der Waals surface area contributed by atoms with Crippen molar-refractivity contribution in [3.63, 3.8) is 0 Å². The topological polar surface area (TPSA) is 56.8 Å². The molecule has 0 aliphatic heterocycles. The van der Waals surface area contributed by atoms with Crippen molar-refractivity contribution in [2.24, 2.45) is 0 Å². The number of benzene rings is 2. The van der Waals surface area contributed by atoms with E-state index in [1.165, 1.54) is 0 Å². The van der Waals surface area contributed by atoms with Gasteiger partial charge in [0.05, 0.1) is 27.4 Å². The van der Waals surface area contributed by atoms with Crippen LogP contribution in [-0.4, -0.2) is 27.2 Å². The maximum Gasteiger partial charge on any atom is 0.247 e. The number of ether oxygens (including phenoxy) is 3. The molecule has 0 saturated heterocycles. The highest BCUT2D eigenvalue weighted by molar-refractivity contribution is 5.97. The minimum absolute atomic E-state index is 0.109. The van der Waals surface area contributed by atoms with Crippen molar-refractivity contribution >= 4 is 12.0 Å². The molecule has 0 fully saturated rings. The molecule has 0 aliphatic rings. The maximum atomic E-state index is 12.5. The van der Waals surface area contributed by atoms with E-state index in [9.17, 15) is 4.79 Å². The van der Waals surface area contributed by atoms with E-state index in [0.29, 0.717) is 17.1 Å². The molecule has 0 heterocycles. The molecule has 0 bridgehead atoms. The van der Waals surface area contributed by atoms with E-state index in [-0.39, 0.29) is 11.9 Å². The summed E-state index contributed by atoms with van der Waals surface area (Å²) in [6, 6.07) is 13.1. The number of amides is 1. The Morgan fingerprint density at radius 3 is 2.19 bits per heavy atom. The molecule has 1 unspecified atom stereocenters. The summed E-state index contributed by atoms with van der Waals surface area (Å²) in [6.45, 7) is 3.73. The standard InChI is InChI=1S/C21H25NO4/c1-14(12-16-6-11-19(25-4)20(13-16)26-5)21(23)22-15(2)17-7-9-18(24-3)10-8-17/h6-13,15H,1-5H3,(H,22,23)/b14-12+. The summed E-state index contributed by atoms with van der Waals surface area (Å²) in [4.78, 5) is 12.5. The molecule has 2 rings (SSSR count). The lowest BCUT2D eigenvalue weighted by atomic mass is 10.1. The lowest BCUT2D eigenvalue weighted by molar-refractivity contribution is -0.118. The van der Waals surface area contributed by atoms with Crippen LogP contribution in [0.15, 0.2) is 48.0 Å². The fourth-order valence-electron chi connectivity index (χ4n) is 2.54. The third kappa shape index (κ3) is 4.79. The predicted molar refractivity (Wildman–Crippen MR) is 103 cm³/mol. The van der Waals surface area contributed by atoms with E-state index in [1.807, 2.05) is 55.5 Å². The highest BCUT2D eigenvalue weighted by Crippen LogP contribution is 2.28. The van der Waals surface area contributed by atoms with Crippen LogP contribution < -0.4 is 19.5 Å². The molecule has 2 aromatic carbocycles. The lowest BCUT2D eigenvalue weighted by Gasteiger charge is -2.15. The molecule has 1 N–H and O–H groups in total. The zero-order valence-electron chi connectivity index (χ0n) is 15.8. The van der Waals surface area contributed by atoms with Crippen molar-refractivity contribution in [1.29, 1.82) is 0 Å². The summed E-state index contributed by atoms with van der Waals surface area (Å²) in [5, 5.41) is 3.00. The summed E-state index contributed by atoms with van der Waals surface area (Å²) >= 11 is 0. The van der Waals surface area contributed by atoms with Gasteiger partial charge in [-0.1, -0.05) is 18.2 Å². The van der Waals surface area contributed by atoms with Gasteiger partial charge >= 0.3 is 0 Å². The third-order valence-electron chi connectivity index (χ3n) is 4.11. The van der Waals surface area contributed by atoms with Crippen molar-refractivity contribution in [3.05, 3.63) is 59.2 Å². The SMILES string of the molecule is COc1ccc(C(C)NC(=O)/C(C)=C/c2ccc(OC)c(OC)c2)cc1. The Balaban J connectivity index is 2.09. The number of hydrogen-bond acceptors (Lipinski definition) is 4. The Bertz CT molecular complexity index is 781. The highest BCUT2D eigenvalue weighted by Gasteiger charge is 2.12. The van der Waals surface area contributed by atoms with Crippen LogP contribution >= 0.6 is 0 Å². The van der Waals surface area contributed by atoms with Gasteiger partial charge in [0.1, 0.15) is 5.75 Å². The molecule has 0 aromatic heterocycles. The molecule has 1 amide bonds. The average molecular weight is 355 g/mol. The van der Waals surface area contributed by atoms with Crippen LogP contribution in [0.3, 0.4) is 0 Å². The van der Waals surface area contributed by atoms with Crippen LogP contribution in [0, 0.1) is 0 Å². The molecule has 0 saturated carbocycles. The first kappa shape index (κ1) is 19.4. The van der Waals surface area contributed by atoms with Gasteiger partial charge in [-0.2, -0.15) is 0 Å². The van der Waals surface area contributed by atoms with Crippen molar-refractivity contribution in [2.75, 3.05) is 21.3 Å². The first-order chi connectivity index (χ1) is 12.5. The molecule has 1 atom stereocenters. The van der Waals surface area contributed by atoms with Gasteiger partial charge in [0.15, 0.2) is 11.5 Å². The molecule has 138 valence electrons. The monoisotopic (exact) mass is 355 g/mol. The fraction of sp³-hybridized carbons (Fsp3) is 0.286. The van der Waals surface area contributed by atoms with Crippen LogP contribution in [-0.2, 0) is 4.79 Å². The number of hydrogen-bond donors (Lipinski definition) is 1. The van der Waals surface area contributed by atoms with Gasteiger partial charge in [-0.05, 0) is 55.3 Å². The van der Waals surface area contributed by atoms with Gasteiger partial charge in [0, 0.05) is 5.57 Å². The summed E-state index contributed by atoms with van der Waals surface area (Å²) in [5.74, 6) is 1.95.